The van der Waals surface area contributed by atoms with Crippen LogP contribution < -0.4 is 10.6 Å². The number of guanidine groups is 1. The summed E-state index contributed by atoms with van der Waals surface area (Å²) in [6.07, 6.45) is 2.43. The number of hydrogen-bond donors (Lipinski definition) is 2. The predicted octanol–water partition coefficient (Wildman–Crippen LogP) is 2.24. The van der Waals surface area contributed by atoms with E-state index in [1.165, 1.54) is 4.90 Å². The van der Waals surface area contributed by atoms with Crippen molar-refractivity contribution in [3.63, 3.8) is 0 Å². The zero-order valence-corrected chi connectivity index (χ0v) is 17.0. The average molecular weight is 400 g/mol. The fourth-order valence-corrected chi connectivity index (χ4v) is 3.74. The molecule has 1 aliphatic rings. The summed E-state index contributed by atoms with van der Waals surface area (Å²) < 4.78 is 0. The molecule has 3 rings (SSSR count). The molecule has 2 heterocycles. The van der Waals surface area contributed by atoms with Crippen LogP contribution in [-0.4, -0.2) is 54.3 Å². The number of aromatic nitrogens is 1. The minimum absolute atomic E-state index is 0.191. The van der Waals surface area contributed by atoms with Gasteiger partial charge in [0, 0.05) is 38.5 Å². The average Bonchev–Trinajstić information content (AvgIpc) is 3.22. The van der Waals surface area contributed by atoms with Gasteiger partial charge in [0.05, 0.1) is 21.8 Å². The second-order valence-corrected chi connectivity index (χ2v) is 7.61. The Labute approximate surface area is 168 Å². The number of carbonyl (C=O) groups excluding carboxylic acids is 2. The molecule has 148 valence electrons. The zero-order chi connectivity index (χ0) is 19.9. The van der Waals surface area contributed by atoms with Crippen LogP contribution in [0.15, 0.2) is 34.6 Å². The van der Waals surface area contributed by atoms with E-state index in [9.17, 15) is 9.59 Å². The molecule has 2 amide bonds. The van der Waals surface area contributed by atoms with Gasteiger partial charge in [-0.1, -0.05) is 12.1 Å². The molecule has 0 atom stereocenters. The molecule has 0 aliphatic carbocycles. The van der Waals surface area contributed by atoms with Gasteiger partial charge in [0.2, 0.25) is 0 Å². The normalized spacial score (nSPS) is 13.8. The number of amides is 2. The van der Waals surface area contributed by atoms with Crippen molar-refractivity contribution in [2.45, 2.75) is 26.2 Å². The summed E-state index contributed by atoms with van der Waals surface area (Å²) in [5.41, 5.74) is 2.10. The summed E-state index contributed by atoms with van der Waals surface area (Å²) in [5, 5.41) is 9.68. The SMILES string of the molecule is CN=C(NCCCCN1C(=O)c2ccccc2C1=O)NCCc1csc(C)n1. The standard InChI is InChI=1S/C20H25N5O2S/c1-14-24-15(13-28-14)9-11-23-20(21-2)22-10-5-6-12-25-18(26)16-7-3-4-8-17(16)19(25)27/h3-4,7-8,13H,5-6,9-12H2,1-2H3,(H2,21,22,23). The molecule has 8 heteroatoms. The minimum atomic E-state index is -0.191. The Hall–Kier alpha value is -2.74. The molecule has 1 aromatic carbocycles. The van der Waals surface area contributed by atoms with E-state index in [1.54, 1.807) is 42.6 Å². The quantitative estimate of drug-likeness (QED) is 0.308. The Kier molecular flexibility index (Phi) is 6.76. The number of rotatable bonds is 8. The van der Waals surface area contributed by atoms with Crippen molar-refractivity contribution in [2.24, 2.45) is 4.99 Å². The summed E-state index contributed by atoms with van der Waals surface area (Å²) in [7, 11) is 1.74. The van der Waals surface area contributed by atoms with E-state index in [2.05, 4.69) is 26.0 Å². The van der Waals surface area contributed by atoms with Crippen molar-refractivity contribution in [2.75, 3.05) is 26.7 Å². The first kappa shape index (κ1) is 20.0. The number of benzene rings is 1. The van der Waals surface area contributed by atoms with Crippen molar-refractivity contribution >= 4 is 29.1 Å². The van der Waals surface area contributed by atoms with Crippen LogP contribution in [0.4, 0.5) is 0 Å². The third kappa shape index (κ3) is 4.75. The highest BCUT2D eigenvalue weighted by atomic mass is 32.1. The van der Waals surface area contributed by atoms with E-state index in [-0.39, 0.29) is 11.8 Å². The van der Waals surface area contributed by atoms with E-state index in [4.69, 9.17) is 0 Å². The van der Waals surface area contributed by atoms with Gasteiger partial charge in [-0.2, -0.15) is 0 Å². The Morgan fingerprint density at radius 2 is 1.79 bits per heavy atom. The molecule has 7 nitrogen and oxygen atoms in total. The number of fused-ring (bicyclic) bond motifs is 1. The summed E-state index contributed by atoms with van der Waals surface area (Å²) in [4.78, 5) is 34.6. The number of hydrogen-bond acceptors (Lipinski definition) is 5. The van der Waals surface area contributed by atoms with Crippen LogP contribution in [0.1, 0.15) is 44.3 Å². The maximum Gasteiger partial charge on any atom is 0.261 e. The first-order chi connectivity index (χ1) is 13.6. The van der Waals surface area contributed by atoms with E-state index < -0.39 is 0 Å². The van der Waals surface area contributed by atoms with Gasteiger partial charge < -0.3 is 10.6 Å². The lowest BCUT2D eigenvalue weighted by Gasteiger charge is -2.14. The molecule has 0 spiro atoms. The van der Waals surface area contributed by atoms with Crippen molar-refractivity contribution < 1.29 is 9.59 Å². The van der Waals surface area contributed by atoms with Gasteiger partial charge in [0.25, 0.3) is 11.8 Å². The van der Waals surface area contributed by atoms with E-state index in [0.29, 0.717) is 17.7 Å². The van der Waals surface area contributed by atoms with Crippen LogP contribution >= 0.6 is 11.3 Å². The Balaban J connectivity index is 1.34. The minimum Gasteiger partial charge on any atom is -0.356 e. The van der Waals surface area contributed by atoms with Crippen molar-refractivity contribution in [1.29, 1.82) is 0 Å². The molecule has 2 N–H and O–H groups in total. The smallest absolute Gasteiger partial charge is 0.261 e. The number of unbranched alkanes of at least 4 members (excludes halogenated alkanes) is 1. The Bertz CT molecular complexity index is 842. The van der Waals surface area contributed by atoms with E-state index in [0.717, 1.165) is 49.0 Å². The van der Waals surface area contributed by atoms with Crippen LogP contribution in [0.2, 0.25) is 0 Å². The van der Waals surface area contributed by atoms with Gasteiger partial charge in [-0.3, -0.25) is 19.5 Å². The number of carbonyl (C=O) groups is 2. The van der Waals surface area contributed by atoms with E-state index >= 15 is 0 Å². The highest BCUT2D eigenvalue weighted by Crippen LogP contribution is 2.22. The number of thiazole rings is 1. The van der Waals surface area contributed by atoms with Crippen LogP contribution in [-0.2, 0) is 6.42 Å². The van der Waals surface area contributed by atoms with Gasteiger partial charge in [0.1, 0.15) is 0 Å². The number of imide groups is 1. The monoisotopic (exact) mass is 399 g/mol. The van der Waals surface area contributed by atoms with Gasteiger partial charge in [-0.25, -0.2) is 4.98 Å². The maximum atomic E-state index is 12.3. The molecule has 0 fully saturated rings. The molecule has 0 radical (unpaired) electrons. The molecule has 1 aliphatic heterocycles. The third-order valence-corrected chi connectivity index (χ3v) is 5.37. The number of aliphatic imine (C=N–C) groups is 1. The molecule has 0 unspecified atom stereocenters. The van der Waals surface area contributed by atoms with Gasteiger partial charge in [-0.05, 0) is 31.9 Å². The van der Waals surface area contributed by atoms with Gasteiger partial charge >= 0.3 is 0 Å². The van der Waals surface area contributed by atoms with E-state index in [1.807, 2.05) is 6.92 Å². The molecule has 0 saturated heterocycles. The highest BCUT2D eigenvalue weighted by Gasteiger charge is 2.34. The van der Waals surface area contributed by atoms with Crippen LogP contribution in [0.3, 0.4) is 0 Å². The fourth-order valence-electron chi connectivity index (χ4n) is 3.10. The van der Waals surface area contributed by atoms with Crippen molar-refractivity contribution in [1.82, 2.24) is 20.5 Å². The Morgan fingerprint density at radius 3 is 2.39 bits per heavy atom. The first-order valence-electron chi connectivity index (χ1n) is 9.41. The molecular formula is C20H25N5O2S. The lowest BCUT2D eigenvalue weighted by Crippen LogP contribution is -2.39. The summed E-state index contributed by atoms with van der Waals surface area (Å²) >= 11 is 1.66. The lowest BCUT2D eigenvalue weighted by atomic mass is 10.1. The van der Waals surface area contributed by atoms with Crippen LogP contribution in [0, 0.1) is 6.92 Å². The molecule has 0 bridgehead atoms. The topological polar surface area (TPSA) is 86.7 Å². The lowest BCUT2D eigenvalue weighted by molar-refractivity contribution is 0.0652. The van der Waals surface area contributed by atoms with Crippen molar-refractivity contribution in [3.05, 3.63) is 51.5 Å². The largest absolute Gasteiger partial charge is 0.356 e. The molecule has 1 aromatic heterocycles. The third-order valence-electron chi connectivity index (χ3n) is 4.54. The summed E-state index contributed by atoms with van der Waals surface area (Å²) in [6, 6.07) is 6.98. The van der Waals surface area contributed by atoms with Gasteiger partial charge in [0.15, 0.2) is 5.96 Å². The fraction of sp³-hybridized carbons (Fsp3) is 0.400. The van der Waals surface area contributed by atoms with Crippen LogP contribution in [0.5, 0.6) is 0 Å². The second kappa shape index (κ2) is 9.45. The number of nitrogens with one attached hydrogen (secondary N) is 2. The summed E-state index contributed by atoms with van der Waals surface area (Å²) in [6.45, 7) is 3.92. The first-order valence-corrected chi connectivity index (χ1v) is 10.3. The predicted molar refractivity (Wildman–Crippen MR) is 111 cm³/mol. The number of aryl methyl sites for hydroxylation is 1. The molecular weight excluding hydrogens is 374 g/mol. The zero-order valence-electron chi connectivity index (χ0n) is 16.2. The maximum absolute atomic E-state index is 12.3. The molecule has 0 saturated carbocycles. The Morgan fingerprint density at radius 1 is 1.11 bits per heavy atom. The molecule has 2 aromatic rings. The van der Waals surface area contributed by atoms with Crippen LogP contribution in [0.25, 0.3) is 0 Å². The second-order valence-electron chi connectivity index (χ2n) is 6.55. The highest BCUT2D eigenvalue weighted by molar-refractivity contribution is 7.09. The van der Waals surface area contributed by atoms with Gasteiger partial charge in [-0.15, -0.1) is 11.3 Å². The number of nitrogens with zero attached hydrogens (tertiary/aromatic N) is 3. The molecule has 28 heavy (non-hydrogen) atoms. The van der Waals surface area contributed by atoms with Crippen molar-refractivity contribution in [3.8, 4) is 0 Å². The summed E-state index contributed by atoms with van der Waals surface area (Å²) in [5.74, 6) is 0.360.